The Hall–Kier alpha value is -2.24. The molecule has 1 aromatic carbocycles. The van der Waals surface area contributed by atoms with Gasteiger partial charge >= 0.3 is 12.1 Å². The lowest BCUT2D eigenvalue weighted by Gasteiger charge is -2.54. The molecule has 1 unspecified atom stereocenters. The average molecular weight is 371 g/mol. The van der Waals surface area contributed by atoms with Gasteiger partial charge in [-0.15, -0.1) is 0 Å². The molecule has 0 N–H and O–H groups in total. The van der Waals surface area contributed by atoms with Crippen LogP contribution in [0.5, 0.6) is 0 Å². The number of amides is 3. The highest BCUT2D eigenvalue weighted by Gasteiger charge is 2.48. The summed E-state index contributed by atoms with van der Waals surface area (Å²) in [4.78, 5) is 30.6. The van der Waals surface area contributed by atoms with E-state index in [-0.39, 0.29) is 17.5 Å². The third-order valence-electron chi connectivity index (χ3n) is 6.30. The van der Waals surface area contributed by atoms with E-state index >= 15 is 0 Å². The van der Waals surface area contributed by atoms with Crippen molar-refractivity contribution in [1.82, 2.24) is 14.7 Å². The van der Waals surface area contributed by atoms with Crippen molar-refractivity contribution < 1.29 is 14.3 Å². The molecule has 6 nitrogen and oxygen atoms in total. The van der Waals surface area contributed by atoms with Crippen LogP contribution in [0.3, 0.4) is 0 Å². The zero-order valence-corrected chi connectivity index (χ0v) is 16.1. The van der Waals surface area contributed by atoms with Gasteiger partial charge in [0, 0.05) is 44.7 Å². The van der Waals surface area contributed by atoms with Gasteiger partial charge in [-0.2, -0.15) is 0 Å². The van der Waals surface area contributed by atoms with Crippen LogP contribution in [0.4, 0.5) is 9.59 Å². The fourth-order valence-corrected chi connectivity index (χ4v) is 4.50. The van der Waals surface area contributed by atoms with E-state index in [1.807, 2.05) is 40.1 Å². The molecule has 0 radical (unpaired) electrons. The van der Waals surface area contributed by atoms with Gasteiger partial charge in [0.1, 0.15) is 6.61 Å². The number of piperidine rings is 1. The van der Waals surface area contributed by atoms with Crippen molar-refractivity contribution in [2.75, 3.05) is 39.3 Å². The Balaban J connectivity index is 1.20. The Labute approximate surface area is 161 Å². The Morgan fingerprint density at radius 3 is 2.37 bits per heavy atom. The molecular formula is C21H29N3O3. The number of benzene rings is 1. The number of hydrogen-bond acceptors (Lipinski definition) is 3. The summed E-state index contributed by atoms with van der Waals surface area (Å²) in [5, 5.41) is 0. The molecule has 0 aromatic heterocycles. The molecular weight excluding hydrogens is 342 g/mol. The minimum atomic E-state index is -0.230. The van der Waals surface area contributed by atoms with Crippen LogP contribution in [-0.2, 0) is 11.3 Å². The Morgan fingerprint density at radius 1 is 1.04 bits per heavy atom. The predicted octanol–water partition coefficient (Wildman–Crippen LogP) is 3.18. The second-order valence-electron chi connectivity index (χ2n) is 8.51. The number of carbonyl (C=O) groups is 2. The number of likely N-dealkylation sites (tertiary alicyclic amines) is 3. The maximum atomic E-state index is 12.6. The largest absolute Gasteiger partial charge is 0.445 e. The van der Waals surface area contributed by atoms with Crippen LogP contribution < -0.4 is 0 Å². The molecule has 27 heavy (non-hydrogen) atoms. The van der Waals surface area contributed by atoms with Crippen molar-refractivity contribution in [3.8, 4) is 0 Å². The molecule has 3 amide bonds. The number of rotatable bonds is 2. The molecule has 3 heterocycles. The van der Waals surface area contributed by atoms with Gasteiger partial charge in [0.25, 0.3) is 0 Å². The molecule has 1 aromatic rings. The van der Waals surface area contributed by atoms with Crippen molar-refractivity contribution in [3.63, 3.8) is 0 Å². The van der Waals surface area contributed by atoms with E-state index in [1.165, 1.54) is 0 Å². The van der Waals surface area contributed by atoms with Crippen LogP contribution in [0.25, 0.3) is 0 Å². The molecule has 0 bridgehead atoms. The number of nitrogens with zero attached hydrogens (tertiary/aromatic N) is 3. The highest BCUT2D eigenvalue weighted by atomic mass is 16.6. The van der Waals surface area contributed by atoms with Crippen LogP contribution in [-0.4, -0.2) is 66.1 Å². The summed E-state index contributed by atoms with van der Waals surface area (Å²) < 4.78 is 5.44. The number of carbonyl (C=O) groups excluding carboxylic acids is 2. The van der Waals surface area contributed by atoms with E-state index in [4.69, 9.17) is 4.74 Å². The monoisotopic (exact) mass is 371 g/mol. The molecule has 3 aliphatic heterocycles. The van der Waals surface area contributed by atoms with Crippen molar-refractivity contribution in [2.45, 2.75) is 32.8 Å². The van der Waals surface area contributed by atoms with E-state index in [0.29, 0.717) is 12.5 Å². The molecule has 1 spiro atoms. The molecule has 0 aliphatic carbocycles. The van der Waals surface area contributed by atoms with E-state index < -0.39 is 0 Å². The minimum absolute atomic E-state index is 0.203. The molecule has 6 heteroatoms. The first-order chi connectivity index (χ1) is 13.0. The van der Waals surface area contributed by atoms with E-state index in [2.05, 4.69) is 6.92 Å². The lowest BCUT2D eigenvalue weighted by molar-refractivity contribution is -0.0283. The molecule has 3 fully saturated rings. The fraction of sp³-hybridized carbons (Fsp3) is 0.619. The van der Waals surface area contributed by atoms with Crippen LogP contribution in [0.15, 0.2) is 30.3 Å². The summed E-state index contributed by atoms with van der Waals surface area (Å²) in [6, 6.07) is 9.96. The van der Waals surface area contributed by atoms with Crippen molar-refractivity contribution in [3.05, 3.63) is 35.9 Å². The molecule has 0 saturated carbocycles. The maximum absolute atomic E-state index is 12.6. The van der Waals surface area contributed by atoms with Crippen LogP contribution in [0, 0.1) is 11.3 Å². The smallest absolute Gasteiger partial charge is 0.410 e. The summed E-state index contributed by atoms with van der Waals surface area (Å²) in [5.41, 5.74) is 1.21. The lowest BCUT2D eigenvalue weighted by Crippen LogP contribution is -2.64. The second-order valence-corrected chi connectivity index (χ2v) is 8.51. The summed E-state index contributed by atoms with van der Waals surface area (Å²) >= 11 is 0. The first-order valence-corrected chi connectivity index (χ1v) is 10.0. The fourth-order valence-electron chi connectivity index (χ4n) is 4.50. The number of ether oxygens (including phenoxy) is 1. The van der Waals surface area contributed by atoms with Gasteiger partial charge in [-0.1, -0.05) is 37.3 Å². The van der Waals surface area contributed by atoms with Gasteiger partial charge in [-0.25, -0.2) is 9.59 Å². The quantitative estimate of drug-likeness (QED) is 0.802. The number of urea groups is 1. The second kappa shape index (κ2) is 7.41. The van der Waals surface area contributed by atoms with Gasteiger partial charge in [0.15, 0.2) is 0 Å². The van der Waals surface area contributed by atoms with E-state index in [9.17, 15) is 9.59 Å². The van der Waals surface area contributed by atoms with Crippen LogP contribution in [0.1, 0.15) is 31.7 Å². The first-order valence-electron chi connectivity index (χ1n) is 10.0. The van der Waals surface area contributed by atoms with Crippen molar-refractivity contribution in [1.29, 1.82) is 0 Å². The Bertz CT molecular complexity index is 677. The average Bonchev–Trinajstić information content (AvgIpc) is 3.11. The maximum Gasteiger partial charge on any atom is 0.410 e. The highest BCUT2D eigenvalue weighted by molar-refractivity contribution is 5.76. The van der Waals surface area contributed by atoms with Gasteiger partial charge in [0.2, 0.25) is 0 Å². The molecule has 3 aliphatic rings. The van der Waals surface area contributed by atoms with Crippen LogP contribution in [0.2, 0.25) is 0 Å². The SMILES string of the molecule is CC1CCN(C(=O)N2CC3(CCN(C(=O)OCc4ccccc4)CC3)C2)C1. The van der Waals surface area contributed by atoms with E-state index in [1.54, 1.807) is 4.90 Å². The molecule has 4 rings (SSSR count). The summed E-state index contributed by atoms with van der Waals surface area (Å²) in [6.45, 7) is 7.42. The van der Waals surface area contributed by atoms with Gasteiger partial charge < -0.3 is 19.4 Å². The molecule has 1 atom stereocenters. The van der Waals surface area contributed by atoms with Crippen molar-refractivity contribution in [2.24, 2.45) is 11.3 Å². The molecule has 3 saturated heterocycles. The lowest BCUT2D eigenvalue weighted by atomic mass is 9.72. The zero-order chi connectivity index (χ0) is 18.9. The summed E-state index contributed by atoms with van der Waals surface area (Å²) in [6.07, 6.45) is 2.79. The normalized spacial score (nSPS) is 24.0. The Morgan fingerprint density at radius 2 is 1.74 bits per heavy atom. The third-order valence-corrected chi connectivity index (χ3v) is 6.30. The topological polar surface area (TPSA) is 53.1 Å². The summed E-state index contributed by atoms with van der Waals surface area (Å²) in [7, 11) is 0. The standard InChI is InChI=1S/C21H29N3O3/c1-17-7-10-23(13-17)19(25)24-15-21(16-24)8-11-22(12-9-21)20(26)27-14-18-5-3-2-4-6-18/h2-6,17H,7-16H2,1H3. The minimum Gasteiger partial charge on any atom is -0.445 e. The summed E-state index contributed by atoms with van der Waals surface area (Å²) in [5.74, 6) is 0.620. The van der Waals surface area contributed by atoms with Gasteiger partial charge in [-0.05, 0) is 30.7 Å². The molecule has 146 valence electrons. The highest BCUT2D eigenvalue weighted by Crippen LogP contribution is 2.41. The zero-order valence-electron chi connectivity index (χ0n) is 16.1. The predicted molar refractivity (Wildman–Crippen MR) is 102 cm³/mol. The van der Waals surface area contributed by atoms with E-state index in [0.717, 1.165) is 64.1 Å². The van der Waals surface area contributed by atoms with Gasteiger partial charge in [0.05, 0.1) is 0 Å². The number of hydrogen-bond donors (Lipinski definition) is 0. The third kappa shape index (κ3) is 3.89. The Kier molecular flexibility index (Phi) is 4.98. The van der Waals surface area contributed by atoms with Gasteiger partial charge in [-0.3, -0.25) is 0 Å². The van der Waals surface area contributed by atoms with Crippen LogP contribution >= 0.6 is 0 Å². The van der Waals surface area contributed by atoms with Crippen molar-refractivity contribution >= 4 is 12.1 Å². The first kappa shape index (κ1) is 18.1.